The van der Waals surface area contributed by atoms with Crippen LogP contribution >= 0.6 is 0 Å². The van der Waals surface area contributed by atoms with E-state index in [0.717, 1.165) is 12.5 Å². The monoisotopic (exact) mass is 296 g/mol. The molecule has 0 amide bonds. The highest BCUT2D eigenvalue weighted by Gasteiger charge is 2.27. The summed E-state index contributed by atoms with van der Waals surface area (Å²) in [6.07, 6.45) is 15.2. The molecule has 1 aliphatic carbocycles. The van der Waals surface area contributed by atoms with E-state index in [0.29, 0.717) is 0 Å². The minimum absolute atomic E-state index is 1.12. The van der Waals surface area contributed by atoms with E-state index in [-0.39, 0.29) is 0 Å². The Bertz CT molecular complexity index is 330. The zero-order chi connectivity index (χ0) is 14.8. The molecule has 3 heteroatoms. The number of hydrogen-bond acceptors (Lipinski definition) is 2. The summed E-state index contributed by atoms with van der Waals surface area (Å²) in [5.41, 5.74) is 3.10. The van der Waals surface area contributed by atoms with Gasteiger partial charge in [0.15, 0.2) is 0 Å². The Kier molecular flexibility index (Phi) is 8.42. The molecule has 1 rings (SSSR count). The van der Waals surface area contributed by atoms with E-state index in [1.165, 1.54) is 50.5 Å². The van der Waals surface area contributed by atoms with Gasteiger partial charge in [-0.25, -0.2) is 0 Å². The van der Waals surface area contributed by atoms with Gasteiger partial charge in [-0.2, -0.15) is 0 Å². The van der Waals surface area contributed by atoms with Gasteiger partial charge in [0.25, 0.3) is 0 Å². The van der Waals surface area contributed by atoms with Crippen LogP contribution in [0, 0.1) is 0 Å². The fourth-order valence-corrected chi connectivity index (χ4v) is 4.19. The van der Waals surface area contributed by atoms with Crippen LogP contribution < -0.4 is 0 Å². The third-order valence-corrected chi connectivity index (χ3v) is 7.47. The highest BCUT2D eigenvalue weighted by Crippen LogP contribution is 2.24. The highest BCUT2D eigenvalue weighted by molar-refractivity contribution is 6.65. The van der Waals surface area contributed by atoms with Gasteiger partial charge in [-0.05, 0) is 44.4 Å². The summed E-state index contributed by atoms with van der Waals surface area (Å²) in [5, 5.41) is 0. The average Bonchev–Trinajstić information content (AvgIpc) is 2.87. The maximum absolute atomic E-state index is 5.50. The number of allylic oxidation sites excluding steroid dienone is 4. The van der Waals surface area contributed by atoms with Gasteiger partial charge < -0.3 is 8.85 Å². The zero-order valence-corrected chi connectivity index (χ0v) is 14.8. The van der Waals surface area contributed by atoms with Crippen LogP contribution in [0.5, 0.6) is 0 Å². The summed E-state index contributed by atoms with van der Waals surface area (Å²) < 4.78 is 11.0. The smallest absolute Gasteiger partial charge is 0.334 e. The van der Waals surface area contributed by atoms with Crippen molar-refractivity contribution in [1.82, 2.24) is 0 Å². The Hall–Kier alpha value is -0.383. The second-order valence-electron chi connectivity index (χ2n) is 6.02. The molecule has 2 nitrogen and oxygen atoms in total. The van der Waals surface area contributed by atoms with Crippen molar-refractivity contribution in [3.8, 4) is 0 Å². The lowest BCUT2D eigenvalue weighted by Crippen LogP contribution is -2.35. The van der Waals surface area contributed by atoms with Crippen molar-refractivity contribution < 1.29 is 8.85 Å². The first-order chi connectivity index (χ1) is 9.61. The van der Waals surface area contributed by atoms with Gasteiger partial charge in [0.1, 0.15) is 0 Å². The molecular formula is C17H32O2Si. The first kappa shape index (κ1) is 17.7. The summed E-state index contributed by atoms with van der Waals surface area (Å²) in [7, 11) is 1.75. The molecule has 0 aromatic heterocycles. The van der Waals surface area contributed by atoms with Gasteiger partial charge >= 0.3 is 8.56 Å². The third-order valence-electron chi connectivity index (χ3n) is 4.49. The molecule has 0 N–H and O–H groups in total. The molecule has 1 aliphatic rings. The molecule has 0 saturated heterocycles. The number of unbranched alkanes of at least 4 members (excludes halogenated alkanes) is 5. The summed E-state index contributed by atoms with van der Waals surface area (Å²) >= 11 is 0. The molecule has 0 radical (unpaired) electrons. The molecular weight excluding hydrogens is 264 g/mol. The van der Waals surface area contributed by atoms with Crippen LogP contribution in [0.3, 0.4) is 0 Å². The molecule has 0 aliphatic heterocycles. The molecule has 0 spiro atoms. The molecule has 0 aromatic rings. The maximum atomic E-state index is 5.50. The summed E-state index contributed by atoms with van der Waals surface area (Å²) in [6.45, 7) is 4.39. The van der Waals surface area contributed by atoms with Crippen molar-refractivity contribution in [2.75, 3.05) is 14.2 Å². The van der Waals surface area contributed by atoms with Crippen molar-refractivity contribution in [3.63, 3.8) is 0 Å². The van der Waals surface area contributed by atoms with Crippen LogP contribution in [0.2, 0.25) is 12.6 Å². The summed E-state index contributed by atoms with van der Waals surface area (Å²) in [5.74, 6) is 0. The summed E-state index contributed by atoms with van der Waals surface area (Å²) in [6, 6.07) is 1.12. The second kappa shape index (κ2) is 9.53. The quantitative estimate of drug-likeness (QED) is 0.377. The van der Waals surface area contributed by atoms with E-state index in [4.69, 9.17) is 8.85 Å². The number of hydrogen-bond donors (Lipinski definition) is 0. The molecule has 0 unspecified atom stereocenters. The van der Waals surface area contributed by atoms with Gasteiger partial charge in [-0.1, -0.05) is 49.8 Å². The predicted octanol–water partition coefficient (Wildman–Crippen LogP) is 5.36. The van der Waals surface area contributed by atoms with Gasteiger partial charge in [-0.15, -0.1) is 0 Å². The first-order valence-electron chi connectivity index (χ1n) is 8.08. The van der Waals surface area contributed by atoms with Crippen LogP contribution in [-0.4, -0.2) is 22.8 Å². The molecule has 0 bridgehead atoms. The normalized spacial score (nSPS) is 15.4. The Morgan fingerprint density at radius 1 is 0.950 bits per heavy atom. The van der Waals surface area contributed by atoms with E-state index in [1.54, 1.807) is 19.8 Å². The minimum atomic E-state index is -1.81. The van der Waals surface area contributed by atoms with Crippen molar-refractivity contribution in [3.05, 3.63) is 23.3 Å². The van der Waals surface area contributed by atoms with Crippen LogP contribution in [0.25, 0.3) is 0 Å². The Balaban J connectivity index is 1.94. The molecule has 0 fully saturated rings. The van der Waals surface area contributed by atoms with Crippen LogP contribution in [0.4, 0.5) is 0 Å². The average molecular weight is 297 g/mol. The standard InChI is InChI=1S/C17H32O2Si/c1-16-12-11-14-17(16)13-9-7-5-6-8-10-15-20(4,18-2)19-3/h12,14H,5-11,13,15H2,1-4H3. The molecule has 0 saturated carbocycles. The van der Waals surface area contributed by atoms with Gasteiger partial charge in [0, 0.05) is 14.2 Å². The largest absolute Gasteiger partial charge is 0.398 e. The molecule has 20 heavy (non-hydrogen) atoms. The summed E-state index contributed by atoms with van der Waals surface area (Å²) in [4.78, 5) is 0. The fourth-order valence-electron chi connectivity index (χ4n) is 2.73. The third kappa shape index (κ3) is 6.38. The van der Waals surface area contributed by atoms with Gasteiger partial charge in [0.05, 0.1) is 0 Å². The second-order valence-corrected chi connectivity index (χ2v) is 9.60. The van der Waals surface area contributed by atoms with E-state index in [1.807, 2.05) is 0 Å². The fraction of sp³-hybridized carbons (Fsp3) is 0.765. The van der Waals surface area contributed by atoms with Crippen molar-refractivity contribution in [2.24, 2.45) is 0 Å². The lowest BCUT2D eigenvalue weighted by Gasteiger charge is -2.22. The Morgan fingerprint density at radius 3 is 2.10 bits per heavy atom. The number of rotatable bonds is 11. The van der Waals surface area contributed by atoms with Gasteiger partial charge in [-0.3, -0.25) is 0 Å². The first-order valence-corrected chi connectivity index (χ1v) is 10.6. The van der Waals surface area contributed by atoms with E-state index >= 15 is 0 Å². The van der Waals surface area contributed by atoms with Crippen LogP contribution in [0.1, 0.15) is 58.3 Å². The van der Waals surface area contributed by atoms with Crippen molar-refractivity contribution in [2.45, 2.75) is 70.9 Å². The van der Waals surface area contributed by atoms with Crippen molar-refractivity contribution >= 4 is 8.56 Å². The zero-order valence-electron chi connectivity index (χ0n) is 13.8. The maximum Gasteiger partial charge on any atom is 0.334 e. The molecule has 116 valence electrons. The van der Waals surface area contributed by atoms with Crippen LogP contribution in [-0.2, 0) is 8.85 Å². The predicted molar refractivity (Wildman–Crippen MR) is 89.2 cm³/mol. The molecule has 0 atom stereocenters. The van der Waals surface area contributed by atoms with Gasteiger partial charge in [0.2, 0.25) is 0 Å². The van der Waals surface area contributed by atoms with E-state index < -0.39 is 8.56 Å². The minimum Gasteiger partial charge on any atom is -0.398 e. The lowest BCUT2D eigenvalue weighted by molar-refractivity contribution is 0.248. The highest BCUT2D eigenvalue weighted by atomic mass is 28.4. The van der Waals surface area contributed by atoms with E-state index in [9.17, 15) is 0 Å². The topological polar surface area (TPSA) is 18.5 Å². The van der Waals surface area contributed by atoms with E-state index in [2.05, 4.69) is 25.6 Å². The molecule has 0 heterocycles. The lowest BCUT2D eigenvalue weighted by atomic mass is 10.0. The van der Waals surface area contributed by atoms with Crippen molar-refractivity contribution in [1.29, 1.82) is 0 Å². The molecule has 0 aromatic carbocycles. The Labute approximate surface area is 126 Å². The Morgan fingerprint density at radius 2 is 1.55 bits per heavy atom. The van der Waals surface area contributed by atoms with Crippen LogP contribution in [0.15, 0.2) is 23.3 Å². The SMILES string of the molecule is CO[Si](C)(CCCCCCCCC1=CCC=C1C)OC.